The Balaban J connectivity index is 0.00000162. The van der Waals surface area contributed by atoms with Crippen molar-refractivity contribution < 1.29 is 13.6 Å². The summed E-state index contributed by atoms with van der Waals surface area (Å²) in [6.45, 7) is 1.40. The second-order valence-electron chi connectivity index (χ2n) is 4.13. The third-order valence-corrected chi connectivity index (χ3v) is 3.18. The largest absolute Gasteiger partial charge is 0.317 e. The lowest BCUT2D eigenvalue weighted by molar-refractivity contribution is 0.0886. The minimum absolute atomic E-state index is 0. The van der Waals surface area contributed by atoms with Crippen LogP contribution in [0.25, 0.3) is 0 Å². The van der Waals surface area contributed by atoms with Crippen LogP contribution in [0, 0.1) is 17.6 Å². The molecule has 0 amide bonds. The zero-order chi connectivity index (χ0) is 12.4. The second kappa shape index (κ2) is 6.45. The fourth-order valence-electron chi connectivity index (χ4n) is 2.07. The van der Waals surface area contributed by atoms with Crippen molar-refractivity contribution in [2.45, 2.75) is 12.8 Å². The van der Waals surface area contributed by atoms with E-state index in [2.05, 4.69) is 5.32 Å². The van der Waals surface area contributed by atoms with Crippen molar-refractivity contribution in [3.8, 4) is 0 Å². The first-order chi connectivity index (χ1) is 8.09. The Bertz CT molecular complexity index is 425. The van der Waals surface area contributed by atoms with E-state index >= 15 is 0 Å². The van der Waals surface area contributed by atoms with Gasteiger partial charge < -0.3 is 5.32 Å². The van der Waals surface area contributed by atoms with Crippen molar-refractivity contribution in [3.63, 3.8) is 0 Å². The molecule has 0 bridgehead atoms. The smallest absolute Gasteiger partial charge is 0.171 e. The molecule has 2 nitrogen and oxygen atoms in total. The number of piperidine rings is 1. The summed E-state index contributed by atoms with van der Waals surface area (Å²) in [6.07, 6.45) is 1.22. The molecule has 1 aliphatic heterocycles. The summed E-state index contributed by atoms with van der Waals surface area (Å²) in [4.78, 5) is 12.0. The number of benzene rings is 1. The van der Waals surface area contributed by atoms with Crippen molar-refractivity contribution in [1.29, 1.82) is 0 Å². The van der Waals surface area contributed by atoms with Crippen LogP contribution in [0.5, 0.6) is 0 Å². The van der Waals surface area contributed by atoms with Crippen molar-refractivity contribution in [2.75, 3.05) is 13.1 Å². The van der Waals surface area contributed by atoms with Crippen molar-refractivity contribution in [1.82, 2.24) is 5.32 Å². The van der Waals surface area contributed by atoms with Crippen LogP contribution in [0.15, 0.2) is 12.1 Å². The van der Waals surface area contributed by atoms with E-state index in [1.807, 2.05) is 0 Å². The van der Waals surface area contributed by atoms with Gasteiger partial charge >= 0.3 is 0 Å². The Kier molecular flexibility index (Phi) is 5.50. The summed E-state index contributed by atoms with van der Waals surface area (Å²) >= 11 is 5.51. The summed E-state index contributed by atoms with van der Waals surface area (Å²) in [5, 5.41) is 3.06. The van der Waals surface area contributed by atoms with Crippen LogP contribution < -0.4 is 5.32 Å². The molecular weight excluding hydrogens is 283 g/mol. The molecule has 0 aliphatic carbocycles. The highest BCUT2D eigenvalue weighted by Crippen LogP contribution is 2.24. The molecular formula is C12H13Cl2F2NO. The molecule has 1 aromatic rings. The maximum absolute atomic E-state index is 13.6. The molecule has 1 saturated heterocycles. The number of Topliss-reactive ketones (excluding diaryl/α,β-unsaturated/α-hetero) is 1. The van der Waals surface area contributed by atoms with Gasteiger partial charge in [-0.3, -0.25) is 4.79 Å². The molecule has 6 heteroatoms. The predicted molar refractivity (Wildman–Crippen MR) is 68.5 cm³/mol. The molecule has 1 heterocycles. The van der Waals surface area contributed by atoms with Gasteiger partial charge in [0.15, 0.2) is 5.78 Å². The molecule has 0 saturated carbocycles. The van der Waals surface area contributed by atoms with E-state index in [0.29, 0.717) is 25.9 Å². The van der Waals surface area contributed by atoms with Gasteiger partial charge in [-0.15, -0.1) is 12.4 Å². The highest BCUT2D eigenvalue weighted by molar-refractivity contribution is 6.30. The van der Waals surface area contributed by atoms with Crippen LogP contribution in [0.2, 0.25) is 5.02 Å². The number of halogens is 4. The average molecular weight is 296 g/mol. The SMILES string of the molecule is Cl.O=C(c1c(F)cc(Cl)cc1F)C1CCNCC1. The molecule has 1 aromatic carbocycles. The van der Waals surface area contributed by atoms with Crippen LogP contribution in [-0.2, 0) is 0 Å². The van der Waals surface area contributed by atoms with Crippen molar-refractivity contribution in [3.05, 3.63) is 34.4 Å². The van der Waals surface area contributed by atoms with Gasteiger partial charge in [0.1, 0.15) is 11.6 Å². The molecule has 2 rings (SSSR count). The minimum Gasteiger partial charge on any atom is -0.317 e. The normalized spacial score (nSPS) is 16.2. The van der Waals surface area contributed by atoms with Gasteiger partial charge in [-0.25, -0.2) is 8.78 Å². The molecule has 0 atom stereocenters. The maximum atomic E-state index is 13.6. The van der Waals surface area contributed by atoms with E-state index in [-0.39, 0.29) is 23.3 Å². The summed E-state index contributed by atoms with van der Waals surface area (Å²) in [5.74, 6) is -2.52. The van der Waals surface area contributed by atoms with Crippen LogP contribution in [0.4, 0.5) is 8.78 Å². The summed E-state index contributed by atoms with van der Waals surface area (Å²) in [7, 11) is 0. The fourth-order valence-corrected chi connectivity index (χ4v) is 2.26. The fraction of sp³-hybridized carbons (Fsp3) is 0.417. The van der Waals surface area contributed by atoms with E-state index in [1.54, 1.807) is 0 Å². The van der Waals surface area contributed by atoms with Gasteiger partial charge in [0.2, 0.25) is 0 Å². The van der Waals surface area contributed by atoms with E-state index in [0.717, 1.165) is 12.1 Å². The molecule has 0 aromatic heterocycles. The second-order valence-corrected chi connectivity index (χ2v) is 4.57. The number of carbonyl (C=O) groups excluding carboxylic acids is 1. The zero-order valence-electron chi connectivity index (χ0n) is 9.51. The van der Waals surface area contributed by atoms with Gasteiger partial charge in [-0.2, -0.15) is 0 Å². The number of ketones is 1. The summed E-state index contributed by atoms with van der Waals surface area (Å²) in [5.41, 5.74) is -0.457. The Morgan fingerprint density at radius 3 is 2.22 bits per heavy atom. The Morgan fingerprint density at radius 1 is 1.22 bits per heavy atom. The lowest BCUT2D eigenvalue weighted by atomic mass is 9.89. The zero-order valence-corrected chi connectivity index (χ0v) is 11.1. The summed E-state index contributed by atoms with van der Waals surface area (Å²) in [6, 6.07) is 1.94. The first-order valence-electron chi connectivity index (χ1n) is 5.49. The van der Waals surface area contributed by atoms with Crippen molar-refractivity contribution in [2.24, 2.45) is 5.92 Å². The quantitative estimate of drug-likeness (QED) is 0.849. The van der Waals surface area contributed by atoms with Gasteiger partial charge in [-0.1, -0.05) is 11.6 Å². The molecule has 0 unspecified atom stereocenters. The predicted octanol–water partition coefficient (Wildman–Crippen LogP) is 3.22. The van der Waals surface area contributed by atoms with E-state index in [1.165, 1.54) is 0 Å². The van der Waals surface area contributed by atoms with Crippen LogP contribution in [0.1, 0.15) is 23.2 Å². The van der Waals surface area contributed by atoms with Gasteiger partial charge in [0.25, 0.3) is 0 Å². The first-order valence-corrected chi connectivity index (χ1v) is 5.87. The lowest BCUT2D eigenvalue weighted by Gasteiger charge is -2.21. The highest BCUT2D eigenvalue weighted by atomic mass is 35.5. The van der Waals surface area contributed by atoms with Gasteiger partial charge in [-0.05, 0) is 38.1 Å². The number of hydrogen-bond donors (Lipinski definition) is 1. The third-order valence-electron chi connectivity index (χ3n) is 2.96. The topological polar surface area (TPSA) is 29.1 Å². The van der Waals surface area contributed by atoms with Gasteiger partial charge in [0.05, 0.1) is 5.56 Å². The number of hydrogen-bond acceptors (Lipinski definition) is 2. The average Bonchev–Trinajstić information content (AvgIpc) is 2.28. The van der Waals surface area contributed by atoms with E-state index in [4.69, 9.17) is 11.6 Å². The Hall–Kier alpha value is -0.710. The maximum Gasteiger partial charge on any atom is 0.171 e. The van der Waals surface area contributed by atoms with Gasteiger partial charge in [0, 0.05) is 10.9 Å². The number of rotatable bonds is 2. The van der Waals surface area contributed by atoms with E-state index in [9.17, 15) is 13.6 Å². The number of nitrogens with one attached hydrogen (secondary N) is 1. The minimum atomic E-state index is -0.876. The monoisotopic (exact) mass is 295 g/mol. The molecule has 18 heavy (non-hydrogen) atoms. The van der Waals surface area contributed by atoms with Crippen molar-refractivity contribution >= 4 is 29.8 Å². The molecule has 1 N–H and O–H groups in total. The van der Waals surface area contributed by atoms with Crippen LogP contribution in [0.3, 0.4) is 0 Å². The van der Waals surface area contributed by atoms with E-state index < -0.39 is 23.0 Å². The molecule has 0 spiro atoms. The third kappa shape index (κ3) is 3.19. The lowest BCUT2D eigenvalue weighted by Crippen LogP contribution is -2.32. The molecule has 1 aliphatic rings. The summed E-state index contributed by atoms with van der Waals surface area (Å²) < 4.78 is 27.1. The Morgan fingerprint density at radius 2 is 1.72 bits per heavy atom. The Labute approximate surface area is 115 Å². The first kappa shape index (κ1) is 15.3. The van der Waals surface area contributed by atoms with Crippen LogP contribution >= 0.6 is 24.0 Å². The molecule has 0 radical (unpaired) electrons. The molecule has 100 valence electrons. The number of carbonyl (C=O) groups is 1. The van der Waals surface area contributed by atoms with Crippen LogP contribution in [-0.4, -0.2) is 18.9 Å². The highest BCUT2D eigenvalue weighted by Gasteiger charge is 2.27. The standard InChI is InChI=1S/C12H12ClF2NO.ClH/c13-8-5-9(14)11(10(15)6-8)12(17)7-1-3-16-4-2-7;/h5-7,16H,1-4H2;1H. The molecule has 1 fully saturated rings.